The van der Waals surface area contributed by atoms with Crippen LogP contribution in [-0.2, 0) is 0 Å². The maximum atomic E-state index is 5.23. The fraction of sp³-hybridized carbons (Fsp3) is 0. The van der Waals surface area contributed by atoms with Crippen LogP contribution in [0.4, 0.5) is 0 Å². The lowest BCUT2D eigenvalue weighted by atomic mass is 9.99. The Morgan fingerprint density at radius 2 is 0.623 bits per heavy atom. The van der Waals surface area contributed by atoms with Crippen molar-refractivity contribution in [3.8, 4) is 90.5 Å². The first-order chi connectivity index (χ1) is 30.2. The van der Waals surface area contributed by atoms with Gasteiger partial charge in [0.2, 0.25) is 0 Å². The second kappa shape index (κ2) is 15.4. The van der Waals surface area contributed by atoms with Crippen molar-refractivity contribution >= 4 is 16.4 Å². The molecule has 0 spiro atoms. The van der Waals surface area contributed by atoms with Gasteiger partial charge < -0.3 is 0 Å². The van der Waals surface area contributed by atoms with Gasteiger partial charge in [-0.25, -0.2) is 24.9 Å². The Labute approximate surface area is 353 Å². The van der Waals surface area contributed by atoms with Crippen LogP contribution in [0.1, 0.15) is 0 Å². The van der Waals surface area contributed by atoms with Crippen molar-refractivity contribution in [2.24, 2.45) is 0 Å². The summed E-state index contributed by atoms with van der Waals surface area (Å²) >= 11 is 0. The molecule has 11 rings (SSSR count). The maximum absolute atomic E-state index is 5.23. The summed E-state index contributed by atoms with van der Waals surface area (Å²) in [5, 5.41) is 2.19. The fourth-order valence-corrected chi connectivity index (χ4v) is 8.06. The van der Waals surface area contributed by atoms with Crippen LogP contribution in [0, 0.1) is 0 Å². The first kappa shape index (κ1) is 35.8. The van der Waals surface area contributed by atoms with Crippen LogP contribution in [0.3, 0.4) is 0 Å². The largest absolute Gasteiger partial charge is 0.277 e. The predicted molar refractivity (Wildman–Crippen MR) is 247 cm³/mol. The third-order valence-corrected chi connectivity index (χ3v) is 11.1. The van der Waals surface area contributed by atoms with E-state index in [0.29, 0.717) is 23.3 Å². The molecule has 0 fully saturated rings. The lowest BCUT2D eigenvalue weighted by Crippen LogP contribution is -2.03. The van der Waals surface area contributed by atoms with Crippen molar-refractivity contribution < 1.29 is 0 Å². The Morgan fingerprint density at radius 1 is 0.246 bits per heavy atom. The zero-order valence-corrected chi connectivity index (χ0v) is 33.0. The Kier molecular flexibility index (Phi) is 9.06. The highest BCUT2D eigenvalue weighted by atomic mass is 15.1. The molecule has 0 aliphatic rings. The summed E-state index contributed by atoms with van der Waals surface area (Å²) in [5.41, 5.74) is 12.2. The number of nitrogens with zero attached hydrogens (tertiary/aromatic N) is 6. The smallest absolute Gasteiger partial charge is 0.164 e. The summed E-state index contributed by atoms with van der Waals surface area (Å²) in [5.74, 6) is 3.40. The molecule has 0 radical (unpaired) electrons. The second-order valence-corrected chi connectivity index (χ2v) is 14.9. The number of benzene rings is 8. The van der Waals surface area contributed by atoms with Crippen LogP contribution in [-0.4, -0.2) is 29.3 Å². The van der Waals surface area contributed by atoms with Gasteiger partial charge in [0.05, 0.1) is 5.69 Å². The molecule has 6 heteroatoms. The Morgan fingerprint density at radius 3 is 1.21 bits per heavy atom. The van der Waals surface area contributed by atoms with Crippen molar-refractivity contribution in [1.29, 1.82) is 0 Å². The standard InChI is InChI=1S/C55H36N6/c1-5-16-37(17-6-1)38-30-34-43(35-31-38)51-56-50(41-18-7-2-8-19-41)57-53(58-51)46-25-15-24-45(36-46)39-28-32-40(33-29-39)49-47-26-13-14-27-48(47)55-60-52(42-20-9-3-10-21-42)59-54(61(49)55)44-22-11-4-12-23-44/h1-36H. The molecule has 0 aliphatic carbocycles. The number of rotatable bonds is 8. The first-order valence-corrected chi connectivity index (χ1v) is 20.3. The third-order valence-electron chi connectivity index (χ3n) is 11.1. The molecule has 8 aromatic carbocycles. The van der Waals surface area contributed by atoms with Gasteiger partial charge in [-0.15, -0.1) is 0 Å². The Bertz CT molecular complexity index is 3310. The third kappa shape index (κ3) is 6.82. The SMILES string of the molecule is c1ccc(-c2ccc(-c3nc(-c4ccccc4)nc(-c4cccc(-c5ccc(-c6c7ccccc7c7nc(-c8ccccc8)nc(-c8ccccc8)n67)cc5)c4)n3)cc2)cc1. The Balaban J connectivity index is 0.995. The summed E-state index contributed by atoms with van der Waals surface area (Å²) in [4.78, 5) is 25.5. The van der Waals surface area contributed by atoms with Crippen LogP contribution in [0.2, 0.25) is 0 Å². The summed E-state index contributed by atoms with van der Waals surface area (Å²) in [6, 6.07) is 75.2. The first-order valence-electron chi connectivity index (χ1n) is 20.3. The lowest BCUT2D eigenvalue weighted by molar-refractivity contribution is 1.05. The molecule has 6 nitrogen and oxygen atoms in total. The number of hydrogen-bond donors (Lipinski definition) is 0. The van der Waals surface area contributed by atoms with E-state index in [1.165, 1.54) is 5.56 Å². The number of fused-ring (bicyclic) bond motifs is 3. The van der Waals surface area contributed by atoms with Gasteiger partial charge in [0.15, 0.2) is 23.3 Å². The molecule has 61 heavy (non-hydrogen) atoms. The molecular formula is C55H36N6. The zero-order valence-electron chi connectivity index (χ0n) is 33.0. The minimum absolute atomic E-state index is 0.615. The van der Waals surface area contributed by atoms with E-state index in [1.54, 1.807) is 0 Å². The van der Waals surface area contributed by atoms with Crippen LogP contribution in [0.25, 0.3) is 107 Å². The summed E-state index contributed by atoms with van der Waals surface area (Å²) in [6.45, 7) is 0. The van der Waals surface area contributed by atoms with Gasteiger partial charge in [-0.05, 0) is 33.9 Å². The lowest BCUT2D eigenvalue weighted by Gasteiger charge is -2.13. The van der Waals surface area contributed by atoms with Gasteiger partial charge >= 0.3 is 0 Å². The van der Waals surface area contributed by atoms with Crippen LogP contribution in [0.15, 0.2) is 218 Å². The van der Waals surface area contributed by atoms with Crippen LogP contribution >= 0.6 is 0 Å². The average Bonchev–Trinajstić information content (AvgIpc) is 3.69. The molecule has 0 unspecified atom stereocenters. The van der Waals surface area contributed by atoms with E-state index in [1.807, 2.05) is 60.7 Å². The van der Waals surface area contributed by atoms with Crippen molar-refractivity contribution in [1.82, 2.24) is 29.3 Å². The van der Waals surface area contributed by atoms with Gasteiger partial charge in [-0.1, -0.05) is 212 Å². The Hall–Kier alpha value is -8.35. The molecule has 0 amide bonds. The van der Waals surface area contributed by atoms with Crippen molar-refractivity contribution in [2.75, 3.05) is 0 Å². The second-order valence-electron chi connectivity index (χ2n) is 14.9. The van der Waals surface area contributed by atoms with Gasteiger partial charge in [0.1, 0.15) is 11.5 Å². The van der Waals surface area contributed by atoms with Gasteiger partial charge in [0.25, 0.3) is 0 Å². The molecule has 3 aromatic heterocycles. The number of aromatic nitrogens is 6. The quantitative estimate of drug-likeness (QED) is 0.154. The fourth-order valence-electron chi connectivity index (χ4n) is 8.06. The minimum Gasteiger partial charge on any atom is -0.277 e. The number of hydrogen-bond acceptors (Lipinski definition) is 5. The van der Waals surface area contributed by atoms with E-state index in [-0.39, 0.29) is 0 Å². The minimum atomic E-state index is 0.615. The van der Waals surface area contributed by atoms with Gasteiger partial charge in [-0.2, -0.15) is 0 Å². The molecule has 0 bridgehead atoms. The highest BCUT2D eigenvalue weighted by Crippen LogP contribution is 2.39. The van der Waals surface area contributed by atoms with E-state index < -0.39 is 0 Å². The van der Waals surface area contributed by atoms with E-state index in [0.717, 1.165) is 78.0 Å². The van der Waals surface area contributed by atoms with E-state index in [9.17, 15) is 0 Å². The summed E-state index contributed by atoms with van der Waals surface area (Å²) < 4.78 is 2.22. The summed E-state index contributed by atoms with van der Waals surface area (Å²) in [7, 11) is 0. The van der Waals surface area contributed by atoms with Gasteiger partial charge in [0, 0.05) is 38.6 Å². The summed E-state index contributed by atoms with van der Waals surface area (Å²) in [6.07, 6.45) is 0. The maximum Gasteiger partial charge on any atom is 0.164 e. The van der Waals surface area contributed by atoms with Crippen molar-refractivity contribution in [2.45, 2.75) is 0 Å². The van der Waals surface area contributed by atoms with Crippen LogP contribution in [0.5, 0.6) is 0 Å². The highest BCUT2D eigenvalue weighted by Gasteiger charge is 2.21. The molecular weight excluding hydrogens is 745 g/mol. The highest BCUT2D eigenvalue weighted by molar-refractivity contribution is 6.06. The molecule has 0 aliphatic heterocycles. The predicted octanol–water partition coefficient (Wildman–Crippen LogP) is 13.4. The van der Waals surface area contributed by atoms with E-state index >= 15 is 0 Å². The topological polar surface area (TPSA) is 68.9 Å². The molecule has 286 valence electrons. The van der Waals surface area contributed by atoms with Crippen molar-refractivity contribution in [3.63, 3.8) is 0 Å². The monoisotopic (exact) mass is 780 g/mol. The van der Waals surface area contributed by atoms with Gasteiger partial charge in [-0.3, -0.25) is 4.40 Å². The molecule has 3 heterocycles. The normalized spacial score (nSPS) is 11.3. The zero-order chi connectivity index (χ0) is 40.5. The van der Waals surface area contributed by atoms with Crippen molar-refractivity contribution in [3.05, 3.63) is 218 Å². The average molecular weight is 781 g/mol. The van der Waals surface area contributed by atoms with E-state index in [4.69, 9.17) is 24.9 Å². The molecule has 0 N–H and O–H groups in total. The molecule has 0 atom stereocenters. The van der Waals surface area contributed by atoms with Crippen LogP contribution < -0.4 is 0 Å². The van der Waals surface area contributed by atoms with E-state index in [2.05, 4.69) is 162 Å². The molecule has 0 saturated carbocycles. The molecule has 0 saturated heterocycles. The molecule has 11 aromatic rings.